The van der Waals surface area contributed by atoms with Gasteiger partial charge in [-0.3, -0.25) is 9.59 Å². The lowest BCUT2D eigenvalue weighted by Gasteiger charge is -2.36. The zero-order chi connectivity index (χ0) is 20.4. The average Bonchev–Trinajstić information content (AvgIpc) is 2.72. The minimum absolute atomic E-state index is 0.00189. The van der Waals surface area contributed by atoms with Crippen LogP contribution in [0.25, 0.3) is 0 Å². The third-order valence-electron chi connectivity index (χ3n) is 6.27. The van der Waals surface area contributed by atoms with Gasteiger partial charge in [0.05, 0.1) is 24.0 Å². The van der Waals surface area contributed by atoms with Gasteiger partial charge < -0.3 is 9.47 Å². The molecule has 4 rings (SSSR count). The molecule has 3 aliphatic rings. The number of nitrogens with zero attached hydrogens (tertiary/aromatic N) is 1. The lowest BCUT2D eigenvalue weighted by atomic mass is 9.67. The second-order valence-corrected chi connectivity index (χ2v) is 10.1. The van der Waals surface area contributed by atoms with Gasteiger partial charge in [0.25, 0.3) is 0 Å². The Kier molecular flexibility index (Phi) is 6.03. The Balaban J connectivity index is 1.38. The predicted octanol–water partition coefficient (Wildman–Crippen LogP) is 2.15. The van der Waals surface area contributed by atoms with Crippen LogP contribution < -0.4 is 0 Å². The van der Waals surface area contributed by atoms with E-state index in [0.717, 1.165) is 19.3 Å². The molecule has 2 bridgehead atoms. The van der Waals surface area contributed by atoms with Crippen LogP contribution >= 0.6 is 0 Å². The number of carbonyl (C=O) groups excluding carboxylic acids is 2. The third-order valence-corrected chi connectivity index (χ3v) is 8.16. The van der Waals surface area contributed by atoms with E-state index in [1.54, 1.807) is 24.3 Å². The van der Waals surface area contributed by atoms with E-state index in [9.17, 15) is 18.0 Å². The van der Waals surface area contributed by atoms with Gasteiger partial charge in [0.1, 0.15) is 12.4 Å². The normalized spacial score (nSPS) is 28.1. The van der Waals surface area contributed by atoms with Crippen molar-refractivity contribution in [1.82, 2.24) is 4.31 Å². The number of morpholine rings is 1. The first-order chi connectivity index (χ1) is 13.9. The van der Waals surface area contributed by atoms with Crippen molar-refractivity contribution in [2.75, 3.05) is 26.3 Å². The van der Waals surface area contributed by atoms with Crippen LogP contribution in [0, 0.1) is 17.8 Å². The smallest absolute Gasteiger partial charge is 0.309 e. The van der Waals surface area contributed by atoms with Crippen molar-refractivity contribution in [3.8, 4) is 0 Å². The topological polar surface area (TPSA) is 90.0 Å². The second kappa shape index (κ2) is 8.53. The minimum atomic E-state index is -3.58. The lowest BCUT2D eigenvalue weighted by Crippen LogP contribution is -2.40. The number of carbonyl (C=O) groups is 2. The largest absolute Gasteiger partial charge is 0.461 e. The van der Waals surface area contributed by atoms with E-state index in [1.165, 1.54) is 4.31 Å². The van der Waals surface area contributed by atoms with Crippen LogP contribution in [0.2, 0.25) is 0 Å². The van der Waals surface area contributed by atoms with Gasteiger partial charge in [-0.2, -0.15) is 4.31 Å². The quantitative estimate of drug-likeness (QED) is 0.677. The molecule has 3 fully saturated rings. The molecule has 1 saturated heterocycles. The molecule has 1 aromatic rings. The van der Waals surface area contributed by atoms with Gasteiger partial charge in [-0.05, 0) is 43.4 Å². The summed E-state index contributed by atoms with van der Waals surface area (Å²) in [4.78, 5) is 25.0. The first-order valence-corrected chi connectivity index (χ1v) is 11.8. The number of fused-ring (bicyclic) bond motifs is 2. The van der Waals surface area contributed by atoms with Crippen LogP contribution in [-0.4, -0.2) is 50.8 Å². The maximum atomic E-state index is 12.8. The van der Waals surface area contributed by atoms with Gasteiger partial charge in [-0.25, -0.2) is 8.42 Å². The molecule has 0 amide bonds. The Bertz CT molecular complexity index is 861. The molecule has 0 spiro atoms. The molecular weight excluding hydrogens is 394 g/mol. The van der Waals surface area contributed by atoms with E-state index < -0.39 is 10.0 Å². The molecule has 7 nitrogen and oxygen atoms in total. The number of rotatable bonds is 5. The predicted molar refractivity (Wildman–Crippen MR) is 104 cm³/mol. The lowest BCUT2D eigenvalue weighted by molar-refractivity contribution is -0.154. The maximum absolute atomic E-state index is 12.8. The molecule has 2 unspecified atom stereocenters. The van der Waals surface area contributed by atoms with Crippen molar-refractivity contribution in [3.05, 3.63) is 29.8 Å². The number of esters is 1. The molecule has 8 heteroatoms. The van der Waals surface area contributed by atoms with Crippen LogP contribution in [0.15, 0.2) is 29.2 Å². The molecule has 1 aromatic carbocycles. The molecule has 2 saturated carbocycles. The van der Waals surface area contributed by atoms with E-state index >= 15 is 0 Å². The van der Waals surface area contributed by atoms with E-state index in [1.807, 2.05) is 0 Å². The summed E-state index contributed by atoms with van der Waals surface area (Å²) < 4.78 is 37.7. The summed E-state index contributed by atoms with van der Waals surface area (Å²) in [6.07, 6.45) is 3.98. The number of hydrogen-bond acceptors (Lipinski definition) is 6. The summed E-state index contributed by atoms with van der Waals surface area (Å²) in [5.74, 6) is -0.190. The van der Waals surface area contributed by atoms with Gasteiger partial charge in [0.15, 0.2) is 0 Å². The molecule has 1 aliphatic heterocycles. The number of benzene rings is 1. The number of Topliss-reactive ketones (excluding diaryl/α,β-unsaturated/α-hetero) is 1. The van der Waals surface area contributed by atoms with Gasteiger partial charge in [-0.15, -0.1) is 0 Å². The summed E-state index contributed by atoms with van der Waals surface area (Å²) in [5.41, 5.74) is 0.639. The fourth-order valence-electron chi connectivity index (χ4n) is 4.68. The van der Waals surface area contributed by atoms with E-state index in [0.29, 0.717) is 50.5 Å². The van der Waals surface area contributed by atoms with Crippen LogP contribution in [0.4, 0.5) is 0 Å². The average molecular weight is 422 g/mol. The highest BCUT2D eigenvalue weighted by atomic mass is 32.2. The number of hydrogen-bond donors (Lipinski definition) is 0. The molecule has 0 N–H and O–H groups in total. The molecule has 2 aliphatic carbocycles. The van der Waals surface area contributed by atoms with Crippen molar-refractivity contribution in [3.63, 3.8) is 0 Å². The number of sulfonamides is 1. The van der Waals surface area contributed by atoms with Crippen LogP contribution in [0.3, 0.4) is 0 Å². The minimum Gasteiger partial charge on any atom is -0.461 e. The fraction of sp³-hybridized carbons (Fsp3) is 0.619. The van der Waals surface area contributed by atoms with Gasteiger partial charge in [-0.1, -0.05) is 18.6 Å². The molecule has 29 heavy (non-hydrogen) atoms. The maximum Gasteiger partial charge on any atom is 0.309 e. The highest BCUT2D eigenvalue weighted by Crippen LogP contribution is 2.40. The number of ether oxygens (including phenoxy) is 2. The monoisotopic (exact) mass is 421 g/mol. The third kappa shape index (κ3) is 4.39. The van der Waals surface area contributed by atoms with Crippen molar-refractivity contribution >= 4 is 21.8 Å². The highest BCUT2D eigenvalue weighted by molar-refractivity contribution is 7.89. The van der Waals surface area contributed by atoms with Gasteiger partial charge in [0.2, 0.25) is 10.0 Å². The molecule has 0 radical (unpaired) electrons. The molecule has 1 heterocycles. The summed E-state index contributed by atoms with van der Waals surface area (Å²) in [6, 6.07) is 6.55. The van der Waals surface area contributed by atoms with E-state index in [4.69, 9.17) is 9.47 Å². The number of ketones is 1. The van der Waals surface area contributed by atoms with Crippen LogP contribution in [0.5, 0.6) is 0 Å². The van der Waals surface area contributed by atoms with E-state index in [-0.39, 0.29) is 35.2 Å². The fourth-order valence-corrected chi connectivity index (χ4v) is 6.15. The van der Waals surface area contributed by atoms with E-state index in [2.05, 4.69) is 0 Å². The van der Waals surface area contributed by atoms with Crippen molar-refractivity contribution < 1.29 is 27.5 Å². The Morgan fingerprint density at radius 1 is 1.14 bits per heavy atom. The summed E-state index contributed by atoms with van der Waals surface area (Å²) in [5, 5.41) is 0. The SMILES string of the molecule is O=C(OCc1cccc(S(=O)(=O)N2CCOCC2)c1)C1CC2CCCC(C1)C2=O. The zero-order valence-electron chi connectivity index (χ0n) is 16.4. The first-order valence-electron chi connectivity index (χ1n) is 10.3. The molecular formula is C21H27NO6S. The Hall–Kier alpha value is -1.77. The molecule has 158 valence electrons. The Morgan fingerprint density at radius 2 is 1.83 bits per heavy atom. The Morgan fingerprint density at radius 3 is 2.52 bits per heavy atom. The standard InChI is InChI=1S/C21H27NO6S/c23-20-16-4-2-5-17(20)13-18(12-16)21(24)28-14-15-3-1-6-19(11-15)29(25,26)22-7-9-27-10-8-22/h1,3,6,11,16-18H,2,4-5,7-10,12-14H2. The zero-order valence-corrected chi connectivity index (χ0v) is 17.2. The van der Waals surface area contributed by atoms with Gasteiger partial charge in [0, 0.05) is 24.9 Å². The van der Waals surface area contributed by atoms with Crippen molar-refractivity contribution in [2.45, 2.75) is 43.6 Å². The summed E-state index contributed by atoms with van der Waals surface area (Å²) in [6.45, 7) is 1.49. The van der Waals surface area contributed by atoms with Crippen LogP contribution in [-0.2, 0) is 35.7 Å². The molecule has 2 atom stereocenters. The Labute approximate surface area is 171 Å². The van der Waals surface area contributed by atoms with Crippen LogP contribution in [0.1, 0.15) is 37.7 Å². The summed E-state index contributed by atoms with van der Waals surface area (Å²) >= 11 is 0. The summed E-state index contributed by atoms with van der Waals surface area (Å²) in [7, 11) is -3.58. The second-order valence-electron chi connectivity index (χ2n) is 8.17. The van der Waals surface area contributed by atoms with Gasteiger partial charge >= 0.3 is 5.97 Å². The van der Waals surface area contributed by atoms with Crippen molar-refractivity contribution in [1.29, 1.82) is 0 Å². The molecule has 0 aromatic heterocycles. The highest BCUT2D eigenvalue weighted by Gasteiger charge is 2.41. The first kappa shape index (κ1) is 20.5. The van der Waals surface area contributed by atoms with Crippen molar-refractivity contribution in [2.24, 2.45) is 17.8 Å².